The van der Waals surface area contributed by atoms with Crippen LogP contribution in [0.5, 0.6) is 5.75 Å². The fourth-order valence-corrected chi connectivity index (χ4v) is 2.74. The molecule has 1 fully saturated rings. The number of carbonyl (C=O) groups excluding carboxylic acids is 1. The average molecular weight is 316 g/mol. The fourth-order valence-electron chi connectivity index (χ4n) is 2.74. The number of rotatable bonds is 6. The zero-order valence-corrected chi connectivity index (χ0v) is 12.9. The number of fused-ring (bicyclic) bond motifs is 1. The van der Waals surface area contributed by atoms with Gasteiger partial charge in [0.25, 0.3) is 5.56 Å². The number of morpholine rings is 1. The molecule has 0 atom stereocenters. The van der Waals surface area contributed by atoms with E-state index in [2.05, 4.69) is 4.90 Å². The number of benzene rings is 1. The third-order valence-corrected chi connectivity index (χ3v) is 4.00. The Morgan fingerprint density at radius 2 is 1.96 bits per heavy atom. The lowest BCUT2D eigenvalue weighted by atomic mass is 10.2. The van der Waals surface area contributed by atoms with E-state index in [0.29, 0.717) is 17.9 Å². The van der Waals surface area contributed by atoms with Gasteiger partial charge in [-0.25, -0.2) is 0 Å². The topological polar surface area (TPSA) is 60.8 Å². The van der Waals surface area contributed by atoms with Crippen molar-refractivity contribution in [3.63, 3.8) is 0 Å². The molecule has 1 aromatic carbocycles. The number of pyridine rings is 1. The summed E-state index contributed by atoms with van der Waals surface area (Å²) in [5.41, 5.74) is 0.531. The van der Waals surface area contributed by atoms with Gasteiger partial charge in [-0.3, -0.25) is 9.69 Å². The van der Waals surface area contributed by atoms with E-state index in [4.69, 9.17) is 9.47 Å². The summed E-state index contributed by atoms with van der Waals surface area (Å²) in [6.45, 7) is 4.88. The largest absolute Gasteiger partial charge is 0.492 e. The summed E-state index contributed by atoms with van der Waals surface area (Å²) in [5, 5.41) is 0.909. The van der Waals surface area contributed by atoms with Crippen LogP contribution < -0.4 is 10.3 Å². The lowest BCUT2D eigenvalue weighted by Crippen LogP contribution is -2.38. The van der Waals surface area contributed by atoms with Gasteiger partial charge in [0.1, 0.15) is 18.6 Å². The second-order valence-corrected chi connectivity index (χ2v) is 5.47. The number of ether oxygens (including phenoxy) is 2. The Bertz CT molecular complexity index is 735. The number of aldehydes is 1. The van der Waals surface area contributed by atoms with Crippen LogP contribution in [0.4, 0.5) is 0 Å². The molecule has 2 heterocycles. The standard InChI is InChI=1S/C17H20N2O4/c20-9-5-19-16-13-15(3-1-14(16)2-4-17(19)21)23-12-8-18-6-10-22-11-7-18/h1-4,9,13H,5-8,10-12H2. The Hall–Kier alpha value is -2.18. The molecule has 1 saturated heterocycles. The van der Waals surface area contributed by atoms with E-state index in [1.807, 2.05) is 18.2 Å². The van der Waals surface area contributed by atoms with E-state index in [-0.39, 0.29) is 12.1 Å². The first-order chi connectivity index (χ1) is 11.3. The van der Waals surface area contributed by atoms with Crippen LogP contribution in [-0.4, -0.2) is 55.2 Å². The van der Waals surface area contributed by atoms with E-state index >= 15 is 0 Å². The van der Waals surface area contributed by atoms with E-state index in [0.717, 1.165) is 44.5 Å². The zero-order chi connectivity index (χ0) is 16.1. The summed E-state index contributed by atoms with van der Waals surface area (Å²) in [6, 6.07) is 8.85. The van der Waals surface area contributed by atoms with Crippen LogP contribution in [0, 0.1) is 0 Å². The number of hydrogen-bond donors (Lipinski definition) is 0. The maximum absolute atomic E-state index is 11.9. The Labute approximate surface area is 134 Å². The van der Waals surface area contributed by atoms with E-state index in [1.54, 1.807) is 6.07 Å². The van der Waals surface area contributed by atoms with E-state index < -0.39 is 0 Å². The molecule has 0 unspecified atom stereocenters. The quantitative estimate of drug-likeness (QED) is 0.742. The number of hydrogen-bond acceptors (Lipinski definition) is 5. The molecule has 1 aromatic heterocycles. The minimum atomic E-state index is -0.185. The van der Waals surface area contributed by atoms with Crippen LogP contribution in [0.25, 0.3) is 10.9 Å². The van der Waals surface area contributed by atoms with Crippen LogP contribution in [0.2, 0.25) is 0 Å². The highest BCUT2D eigenvalue weighted by molar-refractivity contribution is 5.81. The van der Waals surface area contributed by atoms with Crippen LogP contribution in [-0.2, 0) is 16.1 Å². The van der Waals surface area contributed by atoms with Crippen molar-refractivity contribution in [3.05, 3.63) is 40.7 Å². The highest BCUT2D eigenvalue weighted by atomic mass is 16.5. The molecule has 6 heteroatoms. The summed E-state index contributed by atoms with van der Waals surface area (Å²) in [7, 11) is 0. The molecule has 0 radical (unpaired) electrons. The number of aromatic nitrogens is 1. The Morgan fingerprint density at radius 1 is 1.17 bits per heavy atom. The third kappa shape index (κ3) is 3.78. The molecule has 0 aliphatic carbocycles. The van der Waals surface area contributed by atoms with Gasteiger partial charge in [0, 0.05) is 31.8 Å². The van der Waals surface area contributed by atoms with Crippen LogP contribution in [0.3, 0.4) is 0 Å². The summed E-state index contributed by atoms with van der Waals surface area (Å²) in [5.74, 6) is 0.705. The summed E-state index contributed by atoms with van der Waals surface area (Å²) in [6.07, 6.45) is 0.729. The van der Waals surface area contributed by atoms with Gasteiger partial charge in [-0.2, -0.15) is 0 Å². The molecule has 1 aliphatic heterocycles. The van der Waals surface area contributed by atoms with E-state index in [1.165, 1.54) is 10.6 Å². The van der Waals surface area contributed by atoms with Crippen LogP contribution in [0.1, 0.15) is 0 Å². The van der Waals surface area contributed by atoms with Gasteiger partial charge < -0.3 is 18.8 Å². The average Bonchev–Trinajstić information content (AvgIpc) is 2.58. The van der Waals surface area contributed by atoms with Crippen molar-refractivity contribution in [2.24, 2.45) is 0 Å². The lowest BCUT2D eigenvalue weighted by Gasteiger charge is -2.26. The van der Waals surface area contributed by atoms with Crippen molar-refractivity contribution in [2.75, 3.05) is 39.5 Å². The van der Waals surface area contributed by atoms with E-state index in [9.17, 15) is 9.59 Å². The molecule has 6 nitrogen and oxygen atoms in total. The lowest BCUT2D eigenvalue weighted by molar-refractivity contribution is -0.108. The summed E-state index contributed by atoms with van der Waals surface area (Å²) >= 11 is 0. The summed E-state index contributed by atoms with van der Waals surface area (Å²) in [4.78, 5) is 25.0. The number of nitrogens with zero attached hydrogens (tertiary/aromatic N) is 2. The highest BCUT2D eigenvalue weighted by Crippen LogP contribution is 2.19. The van der Waals surface area contributed by atoms with Crippen molar-refractivity contribution in [1.82, 2.24) is 9.47 Å². The molecular weight excluding hydrogens is 296 g/mol. The van der Waals surface area contributed by atoms with Gasteiger partial charge >= 0.3 is 0 Å². The summed E-state index contributed by atoms with van der Waals surface area (Å²) < 4.78 is 12.6. The molecule has 0 spiro atoms. The maximum atomic E-state index is 11.9. The molecular formula is C17H20N2O4. The second kappa shape index (κ2) is 7.39. The van der Waals surface area contributed by atoms with Gasteiger partial charge in [-0.15, -0.1) is 0 Å². The molecule has 3 rings (SSSR count). The Kier molecular flexibility index (Phi) is 5.05. The minimum absolute atomic E-state index is 0.0490. The predicted molar refractivity (Wildman–Crippen MR) is 87.0 cm³/mol. The van der Waals surface area contributed by atoms with Crippen molar-refractivity contribution >= 4 is 17.2 Å². The minimum Gasteiger partial charge on any atom is -0.492 e. The zero-order valence-electron chi connectivity index (χ0n) is 12.9. The van der Waals surface area contributed by atoms with Crippen LogP contribution in [0.15, 0.2) is 35.1 Å². The molecule has 23 heavy (non-hydrogen) atoms. The van der Waals surface area contributed by atoms with Crippen molar-refractivity contribution in [1.29, 1.82) is 0 Å². The van der Waals surface area contributed by atoms with Crippen molar-refractivity contribution in [2.45, 2.75) is 6.54 Å². The first-order valence-corrected chi connectivity index (χ1v) is 7.78. The Balaban J connectivity index is 1.72. The Morgan fingerprint density at radius 3 is 2.74 bits per heavy atom. The molecule has 1 aliphatic rings. The van der Waals surface area contributed by atoms with Crippen molar-refractivity contribution in [3.8, 4) is 5.75 Å². The van der Waals surface area contributed by atoms with Gasteiger partial charge in [0.05, 0.1) is 25.3 Å². The first kappa shape index (κ1) is 15.7. The SMILES string of the molecule is O=CCn1c(=O)ccc2ccc(OCCN3CCOCC3)cc21. The molecule has 122 valence electrons. The van der Waals surface area contributed by atoms with Gasteiger partial charge in [-0.05, 0) is 23.6 Å². The van der Waals surface area contributed by atoms with Gasteiger partial charge in [0.2, 0.25) is 0 Å². The fraction of sp³-hybridized carbons (Fsp3) is 0.412. The van der Waals surface area contributed by atoms with Crippen molar-refractivity contribution < 1.29 is 14.3 Å². The molecule has 0 N–H and O–H groups in total. The third-order valence-electron chi connectivity index (χ3n) is 4.00. The van der Waals surface area contributed by atoms with Gasteiger partial charge in [-0.1, -0.05) is 0 Å². The highest BCUT2D eigenvalue weighted by Gasteiger charge is 2.10. The first-order valence-electron chi connectivity index (χ1n) is 7.78. The van der Waals surface area contributed by atoms with Gasteiger partial charge in [0.15, 0.2) is 0 Å². The monoisotopic (exact) mass is 316 g/mol. The molecule has 2 aromatic rings. The second-order valence-electron chi connectivity index (χ2n) is 5.47. The maximum Gasteiger partial charge on any atom is 0.251 e. The molecule has 0 bridgehead atoms. The predicted octanol–water partition coefficient (Wildman–Crippen LogP) is 0.911. The van der Waals surface area contributed by atoms with Crippen LogP contribution >= 0.6 is 0 Å². The molecule has 0 saturated carbocycles. The normalized spacial score (nSPS) is 15.7. The smallest absolute Gasteiger partial charge is 0.251 e. The molecule has 0 amide bonds. The number of carbonyl (C=O) groups is 1.